The van der Waals surface area contributed by atoms with Crippen molar-refractivity contribution in [2.45, 2.75) is 6.54 Å². The summed E-state index contributed by atoms with van der Waals surface area (Å²) in [5.74, 6) is 0.996. The second kappa shape index (κ2) is 14.2. The summed E-state index contributed by atoms with van der Waals surface area (Å²) in [4.78, 5) is 27.8. The Labute approximate surface area is 256 Å². The third-order valence-electron chi connectivity index (χ3n) is 6.23. The number of para-hydroxylation sites is 1. The lowest BCUT2D eigenvalue weighted by Gasteiger charge is -2.12. The zero-order chi connectivity index (χ0) is 30.9. The molecule has 1 aromatic heterocycles. The zero-order valence-corrected chi connectivity index (χ0v) is 24.5. The van der Waals surface area contributed by atoms with Crippen molar-refractivity contribution in [3.8, 4) is 17.2 Å². The molecule has 0 bridgehead atoms. The molecule has 4 aromatic rings. The summed E-state index contributed by atoms with van der Waals surface area (Å²) in [6, 6.07) is 21.3. The highest BCUT2D eigenvalue weighted by Crippen LogP contribution is 2.35. The molecule has 0 aliphatic carbocycles. The lowest BCUT2D eigenvalue weighted by molar-refractivity contribution is -0.122. The number of amides is 2. The van der Waals surface area contributed by atoms with Crippen molar-refractivity contribution in [3.05, 3.63) is 113 Å². The average molecular weight is 615 g/mol. The molecule has 1 aliphatic heterocycles. The predicted molar refractivity (Wildman–Crippen MR) is 166 cm³/mol. The minimum absolute atomic E-state index is 0.155. The molecular weight excluding hydrogens is 587 g/mol. The van der Waals surface area contributed by atoms with Gasteiger partial charge in [0.25, 0.3) is 11.8 Å². The number of ether oxygens (including phenoxy) is 3. The van der Waals surface area contributed by atoms with Crippen molar-refractivity contribution in [2.75, 3.05) is 26.1 Å². The van der Waals surface area contributed by atoms with Gasteiger partial charge < -0.3 is 23.9 Å². The van der Waals surface area contributed by atoms with Gasteiger partial charge in [-0.05, 0) is 84.1 Å². The first kappa shape index (κ1) is 30.1. The average Bonchev–Trinajstić information content (AvgIpc) is 3.66. The van der Waals surface area contributed by atoms with Crippen LogP contribution in [0.1, 0.15) is 16.9 Å². The topological polar surface area (TPSA) is 115 Å². The first-order valence-electron chi connectivity index (χ1n) is 13.3. The summed E-state index contributed by atoms with van der Waals surface area (Å²) in [7, 11) is 3.11. The molecule has 1 fully saturated rings. The van der Waals surface area contributed by atoms with Crippen LogP contribution in [-0.4, -0.2) is 48.9 Å². The lowest BCUT2D eigenvalue weighted by atomic mass is 10.2. The summed E-state index contributed by atoms with van der Waals surface area (Å²) in [5, 5.41) is 11.6. The molecule has 0 unspecified atom stereocenters. The molecule has 1 saturated heterocycles. The highest BCUT2D eigenvalue weighted by atomic mass is 32.2. The number of carbonyl (C=O) groups is 2. The number of carbonyl (C=O) groups excluding carboxylic acids is 2. The molecule has 10 nitrogen and oxygen atoms in total. The van der Waals surface area contributed by atoms with Crippen LogP contribution in [0.4, 0.5) is 10.1 Å². The second-order valence-corrected chi connectivity index (χ2v) is 10.2. The van der Waals surface area contributed by atoms with Gasteiger partial charge in [0.15, 0.2) is 23.3 Å². The summed E-state index contributed by atoms with van der Waals surface area (Å²) in [6.45, 7) is -0.135. The summed E-state index contributed by atoms with van der Waals surface area (Å²) in [6.07, 6.45) is 4.76. The number of furan rings is 1. The van der Waals surface area contributed by atoms with E-state index < -0.39 is 11.7 Å². The molecule has 1 aliphatic rings. The summed E-state index contributed by atoms with van der Waals surface area (Å²) >= 11 is 1.15. The van der Waals surface area contributed by atoms with E-state index in [1.807, 2.05) is 0 Å². The Morgan fingerprint density at radius 1 is 1.00 bits per heavy atom. The van der Waals surface area contributed by atoms with Gasteiger partial charge in [-0.3, -0.25) is 14.5 Å². The van der Waals surface area contributed by atoms with Crippen molar-refractivity contribution >= 4 is 46.7 Å². The molecule has 3 aromatic carbocycles. The first-order chi connectivity index (χ1) is 21.4. The fraction of sp³-hybridized carbons (Fsp3) is 0.125. The molecule has 0 saturated carbocycles. The third kappa shape index (κ3) is 7.53. The first-order valence-corrected chi connectivity index (χ1v) is 14.1. The highest BCUT2D eigenvalue weighted by molar-refractivity contribution is 8.18. The maximum Gasteiger partial charge on any atom is 0.267 e. The fourth-order valence-electron chi connectivity index (χ4n) is 4.10. The van der Waals surface area contributed by atoms with E-state index in [9.17, 15) is 14.0 Å². The molecule has 1 N–H and O–H groups in total. The molecule has 2 amide bonds. The van der Waals surface area contributed by atoms with Crippen LogP contribution in [0.3, 0.4) is 0 Å². The van der Waals surface area contributed by atoms with E-state index in [0.717, 1.165) is 17.3 Å². The van der Waals surface area contributed by atoms with Gasteiger partial charge in [0.2, 0.25) is 0 Å². The van der Waals surface area contributed by atoms with Gasteiger partial charge in [-0.25, -0.2) is 4.39 Å². The van der Waals surface area contributed by atoms with Crippen LogP contribution in [0.25, 0.3) is 6.08 Å². The lowest BCUT2D eigenvalue weighted by Crippen LogP contribution is -2.28. The normalized spacial score (nSPS) is 14.9. The van der Waals surface area contributed by atoms with Crippen LogP contribution >= 0.6 is 11.8 Å². The second-order valence-electron chi connectivity index (χ2n) is 9.20. The number of nitrogens with one attached hydrogen (secondary N) is 1. The molecule has 5 rings (SSSR count). The number of hydrogen-bond donors (Lipinski definition) is 1. The van der Waals surface area contributed by atoms with Crippen LogP contribution in [0, 0.1) is 5.82 Å². The molecule has 0 atom stereocenters. The number of methoxy groups -OCH3 is 2. The minimum atomic E-state index is -0.420. The van der Waals surface area contributed by atoms with Crippen molar-refractivity contribution in [2.24, 2.45) is 10.2 Å². The van der Waals surface area contributed by atoms with Crippen molar-refractivity contribution in [1.29, 1.82) is 0 Å². The maximum absolute atomic E-state index is 13.5. The molecule has 0 radical (unpaired) electrons. The van der Waals surface area contributed by atoms with Gasteiger partial charge in [-0.15, -0.1) is 5.10 Å². The molecule has 12 heteroatoms. The van der Waals surface area contributed by atoms with Crippen molar-refractivity contribution in [3.63, 3.8) is 0 Å². The minimum Gasteiger partial charge on any atom is -0.493 e. The largest absolute Gasteiger partial charge is 0.493 e. The molecule has 224 valence electrons. The van der Waals surface area contributed by atoms with Gasteiger partial charge in [-0.1, -0.05) is 18.2 Å². The number of nitrogens with zero attached hydrogens (tertiary/aromatic N) is 3. The van der Waals surface area contributed by atoms with Crippen LogP contribution in [-0.2, 0) is 16.1 Å². The Bertz CT molecular complexity index is 1720. The Balaban J connectivity index is 1.34. The zero-order valence-electron chi connectivity index (χ0n) is 23.7. The van der Waals surface area contributed by atoms with E-state index in [0.29, 0.717) is 44.3 Å². The predicted octanol–water partition coefficient (Wildman–Crippen LogP) is 5.96. The Morgan fingerprint density at radius 2 is 1.80 bits per heavy atom. The van der Waals surface area contributed by atoms with E-state index in [-0.39, 0.29) is 19.1 Å². The van der Waals surface area contributed by atoms with Crippen LogP contribution in [0.5, 0.6) is 17.2 Å². The third-order valence-corrected chi connectivity index (χ3v) is 7.23. The number of benzene rings is 3. The Morgan fingerprint density at radius 3 is 2.55 bits per heavy atom. The number of halogens is 1. The monoisotopic (exact) mass is 614 g/mol. The van der Waals surface area contributed by atoms with E-state index in [1.54, 1.807) is 81.1 Å². The SMILES string of the molecule is COc1ccc(/C=N/N=C2\S/C(=C\c3ccccc3OCC(=O)Nc3ccc(F)cc3)C(=O)N2Cc2ccco2)cc1OC. The van der Waals surface area contributed by atoms with Crippen LogP contribution in [0.2, 0.25) is 0 Å². The van der Waals surface area contributed by atoms with E-state index in [2.05, 4.69) is 15.5 Å². The quantitative estimate of drug-likeness (QED) is 0.126. The Kier molecular flexibility index (Phi) is 9.72. The van der Waals surface area contributed by atoms with Crippen LogP contribution < -0.4 is 19.5 Å². The molecule has 44 heavy (non-hydrogen) atoms. The summed E-state index contributed by atoms with van der Waals surface area (Å²) in [5.41, 5.74) is 1.76. The van der Waals surface area contributed by atoms with Crippen molar-refractivity contribution < 1.29 is 32.6 Å². The molecule has 0 spiro atoms. The van der Waals surface area contributed by atoms with Gasteiger partial charge in [0, 0.05) is 11.3 Å². The maximum atomic E-state index is 13.5. The fourth-order valence-corrected chi connectivity index (χ4v) is 5.03. The molecule has 2 heterocycles. The van der Waals surface area contributed by atoms with Crippen molar-refractivity contribution in [1.82, 2.24) is 4.90 Å². The number of amidine groups is 1. The molecular formula is C32H27FN4O6S. The van der Waals surface area contributed by atoms with E-state index in [1.165, 1.54) is 35.4 Å². The number of hydrogen-bond acceptors (Lipinski definition) is 9. The van der Waals surface area contributed by atoms with Gasteiger partial charge in [-0.2, -0.15) is 5.10 Å². The van der Waals surface area contributed by atoms with E-state index >= 15 is 0 Å². The van der Waals surface area contributed by atoms with Crippen LogP contribution in [0.15, 0.2) is 105 Å². The van der Waals surface area contributed by atoms with Gasteiger partial charge in [0.1, 0.15) is 17.3 Å². The summed E-state index contributed by atoms with van der Waals surface area (Å²) < 4.78 is 35.0. The number of thioether (sulfide) groups is 1. The smallest absolute Gasteiger partial charge is 0.267 e. The standard InChI is InChI=1S/C32H27FN4O6S/c1-40-27-14-9-21(16-28(27)41-2)18-34-36-32-37(19-25-7-5-15-42-25)31(39)29(44-32)17-22-6-3-4-8-26(22)43-20-30(38)35-24-12-10-23(33)11-13-24/h3-18H,19-20H2,1-2H3,(H,35,38)/b29-17-,34-18+,36-32-. The Hall–Kier alpha value is -5.36. The number of anilines is 1. The van der Waals surface area contributed by atoms with Gasteiger partial charge >= 0.3 is 0 Å². The van der Waals surface area contributed by atoms with E-state index in [4.69, 9.17) is 18.6 Å². The van der Waals surface area contributed by atoms with Gasteiger partial charge in [0.05, 0.1) is 38.1 Å². The highest BCUT2D eigenvalue weighted by Gasteiger charge is 2.34. The number of rotatable bonds is 11.